The van der Waals surface area contributed by atoms with Gasteiger partial charge in [-0.25, -0.2) is 4.39 Å². The maximum atomic E-state index is 15.2. The Bertz CT molecular complexity index is 1230. The number of amides is 1. The Morgan fingerprint density at radius 2 is 2.00 bits per heavy atom. The van der Waals surface area contributed by atoms with Crippen LogP contribution in [-0.4, -0.2) is 31.4 Å². The zero-order valence-electron chi connectivity index (χ0n) is 16.3. The molecule has 3 aromatic rings. The first-order valence-electron chi connectivity index (χ1n) is 9.34. The van der Waals surface area contributed by atoms with Crippen LogP contribution in [0, 0.1) is 36.8 Å². The van der Waals surface area contributed by atoms with Gasteiger partial charge in [-0.15, -0.1) is 21.8 Å². The van der Waals surface area contributed by atoms with Crippen molar-refractivity contribution in [1.82, 2.24) is 19.6 Å². The highest BCUT2D eigenvalue weighted by Gasteiger charge is 2.29. The number of rotatable bonds is 4. The number of nitriles is 1. The molecule has 154 valence electrons. The minimum atomic E-state index is -0.915. The van der Waals surface area contributed by atoms with E-state index in [9.17, 15) is 14.4 Å². The van der Waals surface area contributed by atoms with Gasteiger partial charge in [-0.3, -0.25) is 14.1 Å². The lowest BCUT2D eigenvalue weighted by molar-refractivity contribution is -0.116. The van der Waals surface area contributed by atoms with Crippen LogP contribution < -0.4 is 4.90 Å². The van der Waals surface area contributed by atoms with E-state index in [1.165, 1.54) is 0 Å². The van der Waals surface area contributed by atoms with Gasteiger partial charge in [0.15, 0.2) is 5.82 Å². The lowest BCUT2D eigenvalue weighted by atomic mass is 9.93. The summed E-state index contributed by atoms with van der Waals surface area (Å²) in [6.07, 6.45) is 3.46. The van der Waals surface area contributed by atoms with Crippen LogP contribution >= 0.6 is 11.6 Å². The Morgan fingerprint density at radius 3 is 2.70 bits per heavy atom. The van der Waals surface area contributed by atoms with Gasteiger partial charge in [0.25, 0.3) is 0 Å². The predicted molar refractivity (Wildman–Crippen MR) is 105 cm³/mol. The molecule has 1 aliphatic rings. The second kappa shape index (κ2) is 7.61. The second-order valence-corrected chi connectivity index (χ2v) is 7.44. The van der Waals surface area contributed by atoms with E-state index in [0.29, 0.717) is 23.1 Å². The summed E-state index contributed by atoms with van der Waals surface area (Å²) in [6.45, 7) is 3.39. The molecule has 7 nitrogen and oxygen atoms in total. The first-order chi connectivity index (χ1) is 14.4. The standard InChI is InChI=1S/C20H17ClF2N6O/c1-10-12-4-3-5-13(12)17(22)11(2)14(10)8-28(16(30)6-21)19-18(23)20-27-25-9-29(20)15(7-24)26-19/h9H,3-6,8H2,1-2H3. The highest BCUT2D eigenvalue weighted by molar-refractivity contribution is 6.29. The van der Waals surface area contributed by atoms with Crippen LogP contribution in [0.15, 0.2) is 6.33 Å². The SMILES string of the molecule is Cc1c(F)c2c(c(C)c1CN(C(=O)CCl)c1nc(C#N)n3cnnc3c1F)CCC2. The average molecular weight is 431 g/mol. The molecule has 0 saturated heterocycles. The second-order valence-electron chi connectivity index (χ2n) is 7.18. The third kappa shape index (κ3) is 2.99. The Hall–Kier alpha value is -3.12. The van der Waals surface area contributed by atoms with Gasteiger partial charge in [-0.05, 0) is 60.9 Å². The van der Waals surface area contributed by atoms with E-state index < -0.39 is 23.4 Å². The fraction of sp³-hybridized carbons (Fsp3) is 0.350. The number of alkyl halides is 1. The normalized spacial score (nSPS) is 12.8. The van der Waals surface area contributed by atoms with Crippen molar-refractivity contribution in [3.63, 3.8) is 0 Å². The number of hydrogen-bond donors (Lipinski definition) is 0. The topological polar surface area (TPSA) is 87.2 Å². The largest absolute Gasteiger partial charge is 0.289 e. The summed E-state index contributed by atoms with van der Waals surface area (Å²) in [5, 5.41) is 16.7. The van der Waals surface area contributed by atoms with E-state index in [-0.39, 0.29) is 23.8 Å². The summed E-state index contributed by atoms with van der Waals surface area (Å²) in [7, 11) is 0. The van der Waals surface area contributed by atoms with Crippen molar-refractivity contribution < 1.29 is 13.6 Å². The molecule has 0 fully saturated rings. The summed E-state index contributed by atoms with van der Waals surface area (Å²) in [5.41, 5.74) is 3.27. The molecule has 0 saturated carbocycles. The van der Waals surface area contributed by atoms with Gasteiger partial charge in [0.1, 0.15) is 24.1 Å². The van der Waals surface area contributed by atoms with Gasteiger partial charge in [0, 0.05) is 0 Å². The molecular weight excluding hydrogens is 414 g/mol. The fourth-order valence-electron chi connectivity index (χ4n) is 4.07. The Morgan fingerprint density at radius 1 is 1.27 bits per heavy atom. The molecular formula is C20H17ClF2N6O. The van der Waals surface area contributed by atoms with Crippen molar-refractivity contribution in [2.75, 3.05) is 10.8 Å². The van der Waals surface area contributed by atoms with E-state index in [1.54, 1.807) is 6.92 Å². The molecule has 0 aliphatic heterocycles. The number of halogens is 3. The number of aromatic nitrogens is 4. The van der Waals surface area contributed by atoms with Crippen molar-refractivity contribution >= 4 is 29.0 Å². The summed E-state index contributed by atoms with van der Waals surface area (Å²) >= 11 is 5.78. The molecule has 0 bridgehead atoms. The average Bonchev–Trinajstić information content (AvgIpc) is 3.43. The number of carbonyl (C=O) groups is 1. The molecule has 0 radical (unpaired) electrons. The third-order valence-corrected chi connectivity index (χ3v) is 5.87. The van der Waals surface area contributed by atoms with Gasteiger partial charge < -0.3 is 0 Å². The molecule has 2 aromatic heterocycles. The number of carbonyl (C=O) groups excluding carboxylic acids is 1. The van der Waals surface area contributed by atoms with Crippen molar-refractivity contribution in [2.45, 2.75) is 39.7 Å². The number of fused-ring (bicyclic) bond motifs is 2. The van der Waals surface area contributed by atoms with Crippen molar-refractivity contribution in [2.24, 2.45) is 0 Å². The quantitative estimate of drug-likeness (QED) is 0.593. The highest BCUT2D eigenvalue weighted by atomic mass is 35.5. The molecule has 1 aromatic carbocycles. The van der Waals surface area contributed by atoms with Gasteiger partial charge >= 0.3 is 0 Å². The Kier molecular flexibility index (Phi) is 5.12. The molecule has 1 amide bonds. The van der Waals surface area contributed by atoms with E-state index in [1.807, 2.05) is 13.0 Å². The molecule has 4 rings (SSSR count). The molecule has 0 unspecified atom stereocenters. The monoisotopic (exact) mass is 430 g/mol. The van der Waals surface area contributed by atoms with E-state index in [4.69, 9.17) is 11.6 Å². The smallest absolute Gasteiger partial charge is 0.243 e. The lowest BCUT2D eigenvalue weighted by Gasteiger charge is -2.25. The maximum Gasteiger partial charge on any atom is 0.243 e. The zero-order chi connectivity index (χ0) is 21.6. The molecule has 0 N–H and O–H groups in total. The highest BCUT2D eigenvalue weighted by Crippen LogP contribution is 2.34. The Balaban J connectivity index is 1.89. The molecule has 2 heterocycles. The van der Waals surface area contributed by atoms with Crippen molar-refractivity contribution in [3.8, 4) is 6.07 Å². The fourth-order valence-corrected chi connectivity index (χ4v) is 4.22. The summed E-state index contributed by atoms with van der Waals surface area (Å²) in [4.78, 5) is 17.7. The number of nitrogens with zero attached hydrogens (tertiary/aromatic N) is 6. The van der Waals surface area contributed by atoms with Crippen LogP contribution in [0.1, 0.15) is 40.1 Å². The molecule has 1 aliphatic carbocycles. The van der Waals surface area contributed by atoms with Gasteiger partial charge in [0.2, 0.25) is 23.2 Å². The lowest BCUT2D eigenvalue weighted by Crippen LogP contribution is -2.34. The molecule has 30 heavy (non-hydrogen) atoms. The minimum absolute atomic E-state index is 0.132. The number of benzene rings is 1. The third-order valence-electron chi connectivity index (χ3n) is 5.64. The van der Waals surface area contributed by atoms with Crippen molar-refractivity contribution in [3.05, 3.63) is 51.6 Å². The van der Waals surface area contributed by atoms with Crippen LogP contribution in [0.2, 0.25) is 0 Å². The Labute approximate surface area is 175 Å². The van der Waals surface area contributed by atoms with Crippen LogP contribution in [0.25, 0.3) is 5.65 Å². The van der Waals surface area contributed by atoms with E-state index in [0.717, 1.165) is 39.6 Å². The van der Waals surface area contributed by atoms with Crippen LogP contribution in [0.3, 0.4) is 0 Å². The van der Waals surface area contributed by atoms with Crippen LogP contribution in [0.5, 0.6) is 0 Å². The van der Waals surface area contributed by atoms with Crippen LogP contribution in [0.4, 0.5) is 14.6 Å². The van der Waals surface area contributed by atoms with Crippen LogP contribution in [-0.2, 0) is 24.2 Å². The van der Waals surface area contributed by atoms with Gasteiger partial charge in [-0.2, -0.15) is 14.6 Å². The van der Waals surface area contributed by atoms with Crippen molar-refractivity contribution in [1.29, 1.82) is 5.26 Å². The predicted octanol–water partition coefficient (Wildman–Crippen LogP) is 3.15. The maximum absolute atomic E-state index is 15.2. The van der Waals surface area contributed by atoms with E-state index >= 15 is 4.39 Å². The van der Waals surface area contributed by atoms with E-state index in [2.05, 4.69) is 15.2 Å². The first kappa shape index (κ1) is 20.2. The zero-order valence-corrected chi connectivity index (χ0v) is 17.1. The summed E-state index contributed by atoms with van der Waals surface area (Å²) < 4.78 is 31.2. The molecule has 10 heteroatoms. The first-order valence-corrected chi connectivity index (χ1v) is 9.87. The van der Waals surface area contributed by atoms with Gasteiger partial charge in [-0.1, -0.05) is 0 Å². The molecule has 0 atom stereocenters. The minimum Gasteiger partial charge on any atom is -0.289 e. The number of anilines is 1. The number of hydrogen-bond acceptors (Lipinski definition) is 5. The van der Waals surface area contributed by atoms with Gasteiger partial charge in [0.05, 0.1) is 6.54 Å². The molecule has 0 spiro atoms. The summed E-state index contributed by atoms with van der Waals surface area (Å²) in [5.74, 6) is -2.85. The summed E-state index contributed by atoms with van der Waals surface area (Å²) in [6, 6.07) is 1.84.